The van der Waals surface area contributed by atoms with Crippen LogP contribution in [0.2, 0.25) is 0 Å². The quantitative estimate of drug-likeness (QED) is 0.623. The first kappa shape index (κ1) is 15.8. The van der Waals surface area contributed by atoms with Crippen molar-refractivity contribution in [3.05, 3.63) is 47.1 Å². The Balaban J connectivity index is 1.82. The van der Waals surface area contributed by atoms with E-state index in [1.165, 1.54) is 12.1 Å². The van der Waals surface area contributed by atoms with Crippen LogP contribution in [0, 0.1) is 5.82 Å². The molecule has 0 aliphatic carbocycles. The number of halogens is 1. The number of nitrogens with zero attached hydrogens (tertiary/aromatic N) is 2. The van der Waals surface area contributed by atoms with Crippen LogP contribution < -0.4 is 4.90 Å². The lowest BCUT2D eigenvalue weighted by Crippen LogP contribution is -2.27. The number of amides is 2. The number of anilines is 1. The maximum Gasteiger partial charge on any atom is 0.293 e. The molecule has 0 spiro atoms. The number of imide groups is 1. The SMILES string of the molecule is C=CCN1C(=O)S/C(=C\c2ccc(N3CCCC3)c(F)c2)C1=O. The Labute approximate surface area is 138 Å². The van der Waals surface area contributed by atoms with Crippen LogP contribution in [0.15, 0.2) is 35.8 Å². The number of benzene rings is 1. The van der Waals surface area contributed by atoms with Gasteiger partial charge in [0.1, 0.15) is 5.82 Å². The molecular formula is C17H17FN2O2S. The maximum absolute atomic E-state index is 14.3. The molecule has 2 amide bonds. The van der Waals surface area contributed by atoms with Crippen LogP contribution in [0.1, 0.15) is 18.4 Å². The summed E-state index contributed by atoms with van der Waals surface area (Å²) >= 11 is 0.870. The second-order valence-electron chi connectivity index (χ2n) is 5.49. The molecule has 0 aromatic heterocycles. The van der Waals surface area contributed by atoms with Gasteiger partial charge in [-0.25, -0.2) is 4.39 Å². The van der Waals surface area contributed by atoms with Gasteiger partial charge in [0.05, 0.1) is 10.6 Å². The monoisotopic (exact) mass is 332 g/mol. The standard InChI is InChI=1S/C17H17FN2O2S/c1-2-7-20-16(21)15(23-17(20)22)11-12-5-6-14(13(18)10-12)19-8-3-4-9-19/h2,5-6,10-11H,1,3-4,7-9H2/b15-11-. The minimum Gasteiger partial charge on any atom is -0.369 e. The molecule has 6 heteroatoms. The van der Waals surface area contributed by atoms with E-state index in [1.54, 1.807) is 18.2 Å². The van der Waals surface area contributed by atoms with Gasteiger partial charge in [0.15, 0.2) is 0 Å². The highest BCUT2D eigenvalue weighted by Crippen LogP contribution is 2.33. The zero-order valence-electron chi connectivity index (χ0n) is 12.6. The molecule has 2 fully saturated rings. The van der Waals surface area contributed by atoms with E-state index in [-0.39, 0.29) is 23.5 Å². The van der Waals surface area contributed by atoms with Gasteiger partial charge in [-0.05, 0) is 48.4 Å². The Morgan fingerprint density at radius 3 is 2.65 bits per heavy atom. The summed E-state index contributed by atoms with van der Waals surface area (Å²) in [5.74, 6) is -0.658. The van der Waals surface area contributed by atoms with Crippen molar-refractivity contribution in [2.45, 2.75) is 12.8 Å². The first-order chi connectivity index (χ1) is 11.1. The van der Waals surface area contributed by atoms with E-state index < -0.39 is 0 Å². The largest absolute Gasteiger partial charge is 0.369 e. The average molecular weight is 332 g/mol. The van der Waals surface area contributed by atoms with Crippen molar-refractivity contribution >= 4 is 34.7 Å². The minimum absolute atomic E-state index is 0.185. The van der Waals surface area contributed by atoms with Crippen molar-refractivity contribution in [1.82, 2.24) is 4.90 Å². The van der Waals surface area contributed by atoms with Gasteiger partial charge >= 0.3 is 0 Å². The number of thioether (sulfide) groups is 1. The van der Waals surface area contributed by atoms with Crippen LogP contribution >= 0.6 is 11.8 Å². The molecule has 0 radical (unpaired) electrons. The molecule has 1 aromatic rings. The smallest absolute Gasteiger partial charge is 0.293 e. The molecule has 0 saturated carbocycles. The zero-order chi connectivity index (χ0) is 16.4. The van der Waals surface area contributed by atoms with Gasteiger partial charge in [0, 0.05) is 19.6 Å². The fourth-order valence-corrected chi connectivity index (χ4v) is 3.61. The van der Waals surface area contributed by atoms with Crippen molar-refractivity contribution in [2.75, 3.05) is 24.5 Å². The van der Waals surface area contributed by atoms with E-state index in [0.29, 0.717) is 16.2 Å². The summed E-state index contributed by atoms with van der Waals surface area (Å²) < 4.78 is 14.3. The molecule has 2 aliphatic rings. The lowest BCUT2D eigenvalue weighted by Gasteiger charge is -2.18. The van der Waals surface area contributed by atoms with Gasteiger partial charge in [-0.2, -0.15) is 0 Å². The second-order valence-corrected chi connectivity index (χ2v) is 6.48. The van der Waals surface area contributed by atoms with E-state index in [1.807, 2.05) is 4.90 Å². The van der Waals surface area contributed by atoms with Crippen molar-refractivity contribution < 1.29 is 14.0 Å². The van der Waals surface area contributed by atoms with Crippen LogP contribution in [-0.2, 0) is 4.79 Å². The Bertz CT molecular complexity index is 696. The molecule has 0 bridgehead atoms. The van der Waals surface area contributed by atoms with Gasteiger partial charge in [0.25, 0.3) is 11.1 Å². The molecule has 3 rings (SSSR count). The Kier molecular flexibility index (Phi) is 4.52. The summed E-state index contributed by atoms with van der Waals surface area (Å²) in [6.45, 7) is 5.46. The molecule has 0 unspecified atom stereocenters. The van der Waals surface area contributed by atoms with Crippen molar-refractivity contribution in [3.8, 4) is 0 Å². The van der Waals surface area contributed by atoms with Gasteiger partial charge in [-0.15, -0.1) is 6.58 Å². The van der Waals surface area contributed by atoms with Gasteiger partial charge < -0.3 is 4.90 Å². The molecule has 0 N–H and O–H groups in total. The minimum atomic E-state index is -0.357. The van der Waals surface area contributed by atoms with E-state index in [0.717, 1.165) is 42.6 Å². The first-order valence-electron chi connectivity index (χ1n) is 7.51. The van der Waals surface area contributed by atoms with E-state index in [2.05, 4.69) is 6.58 Å². The van der Waals surface area contributed by atoms with Gasteiger partial charge in [-0.1, -0.05) is 12.1 Å². The third-order valence-corrected chi connectivity index (χ3v) is 4.81. The molecule has 4 nitrogen and oxygen atoms in total. The third kappa shape index (κ3) is 3.17. The van der Waals surface area contributed by atoms with Crippen LogP contribution in [0.3, 0.4) is 0 Å². The van der Waals surface area contributed by atoms with Crippen LogP contribution in [0.5, 0.6) is 0 Å². The van der Waals surface area contributed by atoms with Crippen molar-refractivity contribution in [2.24, 2.45) is 0 Å². The second kappa shape index (κ2) is 6.58. The highest BCUT2D eigenvalue weighted by molar-refractivity contribution is 8.18. The highest BCUT2D eigenvalue weighted by Gasteiger charge is 2.34. The lowest BCUT2D eigenvalue weighted by atomic mass is 10.1. The Hall–Kier alpha value is -2.08. The molecule has 120 valence electrons. The highest BCUT2D eigenvalue weighted by atomic mass is 32.2. The van der Waals surface area contributed by atoms with Crippen molar-refractivity contribution in [1.29, 1.82) is 0 Å². The summed E-state index contributed by atoms with van der Waals surface area (Å²) in [6.07, 6.45) is 5.23. The third-order valence-electron chi connectivity index (χ3n) is 3.90. The average Bonchev–Trinajstić information content (AvgIpc) is 3.13. The first-order valence-corrected chi connectivity index (χ1v) is 8.32. The lowest BCUT2D eigenvalue weighted by molar-refractivity contribution is -0.122. The number of hydrogen-bond donors (Lipinski definition) is 0. The number of carbonyl (C=O) groups is 2. The van der Waals surface area contributed by atoms with E-state index >= 15 is 0 Å². The Morgan fingerprint density at radius 1 is 1.26 bits per heavy atom. The molecule has 23 heavy (non-hydrogen) atoms. The zero-order valence-corrected chi connectivity index (χ0v) is 13.4. The molecule has 2 saturated heterocycles. The molecule has 1 aromatic carbocycles. The van der Waals surface area contributed by atoms with Crippen LogP contribution in [-0.4, -0.2) is 35.7 Å². The number of hydrogen-bond acceptors (Lipinski definition) is 4. The Morgan fingerprint density at radius 2 is 2.00 bits per heavy atom. The maximum atomic E-state index is 14.3. The summed E-state index contributed by atoms with van der Waals surface area (Å²) in [5.41, 5.74) is 1.17. The van der Waals surface area contributed by atoms with Gasteiger partial charge in [0.2, 0.25) is 0 Å². The van der Waals surface area contributed by atoms with E-state index in [9.17, 15) is 14.0 Å². The molecule has 0 atom stereocenters. The fourth-order valence-electron chi connectivity index (χ4n) is 2.77. The molecule has 2 heterocycles. The normalized spacial score (nSPS) is 20.0. The predicted octanol–water partition coefficient (Wildman–Crippen LogP) is 3.65. The van der Waals surface area contributed by atoms with Crippen LogP contribution in [0.25, 0.3) is 6.08 Å². The molecule has 2 aliphatic heterocycles. The van der Waals surface area contributed by atoms with Gasteiger partial charge in [-0.3, -0.25) is 14.5 Å². The number of rotatable bonds is 4. The van der Waals surface area contributed by atoms with Crippen LogP contribution in [0.4, 0.5) is 14.9 Å². The summed E-state index contributed by atoms with van der Waals surface area (Å²) in [7, 11) is 0. The summed E-state index contributed by atoms with van der Waals surface area (Å²) in [4.78, 5) is 27.4. The topological polar surface area (TPSA) is 40.6 Å². The summed E-state index contributed by atoms with van der Waals surface area (Å²) in [5, 5.41) is -0.324. The summed E-state index contributed by atoms with van der Waals surface area (Å²) in [6, 6.07) is 4.92. The predicted molar refractivity (Wildman–Crippen MR) is 90.7 cm³/mol. The van der Waals surface area contributed by atoms with E-state index in [4.69, 9.17) is 0 Å². The number of carbonyl (C=O) groups excluding carboxylic acids is 2. The fraction of sp³-hybridized carbons (Fsp3) is 0.294. The molecular weight excluding hydrogens is 315 g/mol. The van der Waals surface area contributed by atoms with Crippen molar-refractivity contribution in [3.63, 3.8) is 0 Å².